The van der Waals surface area contributed by atoms with Crippen molar-refractivity contribution in [3.05, 3.63) is 58.7 Å². The van der Waals surface area contributed by atoms with Gasteiger partial charge >= 0.3 is 0 Å². The number of hydrogen-bond acceptors (Lipinski definition) is 5. The van der Waals surface area contributed by atoms with Crippen molar-refractivity contribution in [3.63, 3.8) is 0 Å². The Balaban J connectivity index is 1.56. The molecule has 1 aromatic heterocycles. The van der Waals surface area contributed by atoms with Gasteiger partial charge in [-0.1, -0.05) is 30.0 Å². The van der Waals surface area contributed by atoms with Crippen LogP contribution in [0.1, 0.15) is 22.3 Å². The predicted molar refractivity (Wildman–Crippen MR) is 123 cm³/mol. The predicted octanol–water partition coefficient (Wildman–Crippen LogP) is 4.63. The van der Waals surface area contributed by atoms with Crippen LogP contribution in [-0.4, -0.2) is 37.4 Å². The van der Waals surface area contributed by atoms with E-state index < -0.39 is 0 Å². The number of thioether (sulfide) groups is 1. The monoisotopic (exact) mass is 424 g/mol. The molecule has 0 unspecified atom stereocenters. The lowest BCUT2D eigenvalue weighted by molar-refractivity contribution is -0.118. The number of benzene rings is 2. The minimum absolute atomic E-state index is 0.00253. The summed E-state index contributed by atoms with van der Waals surface area (Å²) in [7, 11) is 3.23. The van der Waals surface area contributed by atoms with Crippen molar-refractivity contribution in [2.45, 2.75) is 32.2 Å². The Morgan fingerprint density at radius 1 is 1.00 bits per heavy atom. The fourth-order valence-corrected chi connectivity index (χ4v) is 4.10. The first-order valence-electron chi connectivity index (χ1n) is 9.91. The zero-order valence-electron chi connectivity index (χ0n) is 18.2. The fourth-order valence-electron chi connectivity index (χ4n) is 3.29. The molecule has 158 valence electrons. The minimum atomic E-state index is 0.00253. The van der Waals surface area contributed by atoms with E-state index in [0.29, 0.717) is 23.8 Å². The number of carbonyl (C=O) groups excluding carboxylic acids is 1. The van der Waals surface area contributed by atoms with Gasteiger partial charge in [0.05, 0.1) is 25.5 Å². The van der Waals surface area contributed by atoms with Crippen molar-refractivity contribution in [1.82, 2.24) is 10.3 Å². The Bertz CT molecular complexity index is 1070. The van der Waals surface area contributed by atoms with Gasteiger partial charge in [0.15, 0.2) is 11.5 Å². The summed E-state index contributed by atoms with van der Waals surface area (Å²) in [5.74, 6) is 1.74. The van der Waals surface area contributed by atoms with Crippen molar-refractivity contribution < 1.29 is 14.3 Å². The van der Waals surface area contributed by atoms with E-state index in [4.69, 9.17) is 14.5 Å². The number of aromatic nitrogens is 1. The Hall–Kier alpha value is -2.73. The van der Waals surface area contributed by atoms with E-state index in [9.17, 15) is 4.79 Å². The van der Waals surface area contributed by atoms with Crippen LogP contribution in [0.25, 0.3) is 10.9 Å². The Kier molecular flexibility index (Phi) is 7.21. The lowest BCUT2D eigenvalue weighted by Gasteiger charge is -2.11. The largest absolute Gasteiger partial charge is 0.493 e. The lowest BCUT2D eigenvalue weighted by atomic mass is 10.0. The molecule has 1 heterocycles. The van der Waals surface area contributed by atoms with E-state index in [1.165, 1.54) is 22.9 Å². The summed E-state index contributed by atoms with van der Waals surface area (Å²) in [6.07, 6.45) is 0.725. The van der Waals surface area contributed by atoms with Crippen LogP contribution in [0.15, 0.2) is 41.4 Å². The number of nitrogens with one attached hydrogen (secondary N) is 1. The van der Waals surface area contributed by atoms with E-state index in [0.717, 1.165) is 33.5 Å². The number of aryl methyl sites for hydroxylation is 3. The normalized spacial score (nSPS) is 10.8. The molecule has 0 fully saturated rings. The number of amides is 1. The molecule has 3 aromatic rings. The molecule has 2 aromatic carbocycles. The van der Waals surface area contributed by atoms with Crippen LogP contribution < -0.4 is 14.8 Å². The molecule has 0 aliphatic carbocycles. The first-order valence-corrected chi connectivity index (χ1v) is 10.9. The second kappa shape index (κ2) is 9.85. The zero-order chi connectivity index (χ0) is 21.7. The summed E-state index contributed by atoms with van der Waals surface area (Å²) in [6.45, 7) is 6.79. The third-order valence-corrected chi connectivity index (χ3v) is 6.27. The van der Waals surface area contributed by atoms with Crippen molar-refractivity contribution in [2.75, 3.05) is 26.5 Å². The summed E-state index contributed by atoms with van der Waals surface area (Å²) in [6, 6.07) is 12.2. The molecular formula is C24H28N2O3S. The van der Waals surface area contributed by atoms with Gasteiger partial charge in [-0.15, -0.1) is 0 Å². The van der Waals surface area contributed by atoms with Crippen molar-refractivity contribution in [2.24, 2.45) is 0 Å². The maximum atomic E-state index is 12.3. The highest BCUT2D eigenvalue weighted by Gasteiger charge is 2.10. The van der Waals surface area contributed by atoms with Gasteiger partial charge in [-0.3, -0.25) is 4.79 Å². The second-order valence-corrected chi connectivity index (χ2v) is 8.23. The maximum absolute atomic E-state index is 12.3. The van der Waals surface area contributed by atoms with Crippen LogP contribution in [0.2, 0.25) is 0 Å². The molecule has 3 rings (SSSR count). The van der Waals surface area contributed by atoms with Crippen LogP contribution in [-0.2, 0) is 11.2 Å². The third kappa shape index (κ3) is 5.05. The highest BCUT2D eigenvalue weighted by molar-refractivity contribution is 7.99. The SMILES string of the molecule is COc1ccc(CCNC(=O)CSc2nc3c(C)c(C)ccc3cc2C)cc1OC. The molecule has 30 heavy (non-hydrogen) atoms. The maximum Gasteiger partial charge on any atom is 0.230 e. The van der Waals surface area contributed by atoms with Crippen LogP contribution in [0.4, 0.5) is 0 Å². The second-order valence-electron chi connectivity index (χ2n) is 7.27. The van der Waals surface area contributed by atoms with E-state index >= 15 is 0 Å². The van der Waals surface area contributed by atoms with Gasteiger partial charge in [-0.25, -0.2) is 4.98 Å². The summed E-state index contributed by atoms with van der Waals surface area (Å²) in [5, 5.41) is 5.03. The molecular weight excluding hydrogens is 396 g/mol. The number of methoxy groups -OCH3 is 2. The molecule has 0 saturated carbocycles. The highest BCUT2D eigenvalue weighted by atomic mass is 32.2. The molecule has 5 nitrogen and oxygen atoms in total. The number of fused-ring (bicyclic) bond motifs is 1. The number of carbonyl (C=O) groups is 1. The van der Waals surface area contributed by atoms with Crippen LogP contribution >= 0.6 is 11.8 Å². The van der Waals surface area contributed by atoms with E-state index in [1.54, 1.807) is 14.2 Å². The van der Waals surface area contributed by atoms with Crippen molar-refractivity contribution in [1.29, 1.82) is 0 Å². The summed E-state index contributed by atoms with van der Waals surface area (Å²) >= 11 is 1.48. The standard InChI is InChI=1S/C24H28N2O3S/c1-15-6-8-19-12-16(2)24(26-23(19)17(15)3)30-14-22(27)25-11-10-18-7-9-20(28-4)21(13-18)29-5/h6-9,12-13H,10-11,14H2,1-5H3,(H,25,27). The van der Waals surface area contributed by atoms with E-state index in [1.807, 2.05) is 25.1 Å². The first-order chi connectivity index (χ1) is 14.4. The van der Waals surface area contributed by atoms with Crippen LogP contribution in [0.3, 0.4) is 0 Å². The number of rotatable bonds is 8. The van der Waals surface area contributed by atoms with Gasteiger partial charge in [0.2, 0.25) is 5.91 Å². The molecule has 0 spiro atoms. The van der Waals surface area contributed by atoms with Gasteiger partial charge in [0.25, 0.3) is 0 Å². The minimum Gasteiger partial charge on any atom is -0.493 e. The average molecular weight is 425 g/mol. The van der Waals surface area contributed by atoms with Crippen molar-refractivity contribution >= 4 is 28.6 Å². The number of nitrogens with zero attached hydrogens (tertiary/aromatic N) is 1. The Morgan fingerprint density at radius 2 is 1.77 bits per heavy atom. The van der Waals surface area contributed by atoms with Gasteiger partial charge in [0.1, 0.15) is 5.03 Å². The molecule has 1 amide bonds. The molecule has 0 aliphatic rings. The smallest absolute Gasteiger partial charge is 0.230 e. The lowest BCUT2D eigenvalue weighted by Crippen LogP contribution is -2.27. The van der Waals surface area contributed by atoms with Gasteiger partial charge in [-0.2, -0.15) is 0 Å². The molecule has 0 aliphatic heterocycles. The quantitative estimate of drug-likeness (QED) is 0.534. The van der Waals surface area contributed by atoms with E-state index in [-0.39, 0.29) is 5.91 Å². The Morgan fingerprint density at radius 3 is 2.50 bits per heavy atom. The number of ether oxygens (including phenoxy) is 2. The zero-order valence-corrected chi connectivity index (χ0v) is 19.0. The molecule has 0 atom stereocenters. The van der Waals surface area contributed by atoms with Gasteiger partial charge in [-0.05, 0) is 67.6 Å². The molecule has 0 radical (unpaired) electrons. The number of hydrogen-bond donors (Lipinski definition) is 1. The van der Waals surface area contributed by atoms with Crippen LogP contribution in [0.5, 0.6) is 11.5 Å². The van der Waals surface area contributed by atoms with Crippen LogP contribution in [0, 0.1) is 20.8 Å². The third-order valence-electron chi connectivity index (χ3n) is 5.18. The van der Waals surface area contributed by atoms with Gasteiger partial charge < -0.3 is 14.8 Å². The topological polar surface area (TPSA) is 60.5 Å². The Labute approximate surface area is 182 Å². The van der Waals surface area contributed by atoms with Gasteiger partial charge in [0, 0.05) is 11.9 Å². The summed E-state index contributed by atoms with van der Waals surface area (Å²) < 4.78 is 10.6. The molecule has 0 bridgehead atoms. The summed E-state index contributed by atoms with van der Waals surface area (Å²) in [5.41, 5.74) is 5.60. The highest BCUT2D eigenvalue weighted by Crippen LogP contribution is 2.28. The molecule has 0 saturated heterocycles. The summed E-state index contributed by atoms with van der Waals surface area (Å²) in [4.78, 5) is 17.1. The van der Waals surface area contributed by atoms with E-state index in [2.05, 4.69) is 37.4 Å². The number of pyridine rings is 1. The molecule has 1 N–H and O–H groups in total. The first kappa shape index (κ1) is 22.0. The van der Waals surface area contributed by atoms with Crippen molar-refractivity contribution in [3.8, 4) is 11.5 Å². The molecule has 6 heteroatoms. The average Bonchev–Trinajstić information content (AvgIpc) is 2.75. The fraction of sp³-hybridized carbons (Fsp3) is 0.333.